The fourth-order valence-corrected chi connectivity index (χ4v) is 3.71. The number of aryl methyl sites for hydroxylation is 3. The fraction of sp³-hybridized carbons (Fsp3) is 0.267. The van der Waals surface area contributed by atoms with Gasteiger partial charge in [-0.1, -0.05) is 23.7 Å². The van der Waals surface area contributed by atoms with Crippen molar-refractivity contribution in [2.45, 2.75) is 26.2 Å². The van der Waals surface area contributed by atoms with E-state index in [1.165, 1.54) is 16.9 Å². The normalized spacial score (nSPS) is 13.7. The summed E-state index contributed by atoms with van der Waals surface area (Å²) in [6.07, 6.45) is 3.47. The number of carbonyl (C=O) groups is 1. The summed E-state index contributed by atoms with van der Waals surface area (Å²) in [5.41, 5.74) is 3.05. The average Bonchev–Trinajstić information content (AvgIpc) is 2.92. The number of hydrogen-bond donors (Lipinski definition) is 0. The van der Waals surface area contributed by atoms with Gasteiger partial charge in [0.05, 0.1) is 4.88 Å². The molecule has 0 bridgehead atoms. The van der Waals surface area contributed by atoms with Crippen molar-refractivity contribution in [3.8, 4) is 0 Å². The van der Waals surface area contributed by atoms with Crippen molar-refractivity contribution in [2.24, 2.45) is 0 Å². The van der Waals surface area contributed by atoms with Crippen molar-refractivity contribution in [3.63, 3.8) is 0 Å². The van der Waals surface area contributed by atoms with Gasteiger partial charge in [-0.05, 0) is 49.4 Å². The van der Waals surface area contributed by atoms with E-state index in [4.69, 9.17) is 11.6 Å². The lowest BCUT2D eigenvalue weighted by Crippen LogP contribution is -1.99. The second-order valence-electron chi connectivity index (χ2n) is 4.71. The molecular formula is C15H13ClOS. The Morgan fingerprint density at radius 2 is 2.11 bits per heavy atom. The number of halogens is 1. The summed E-state index contributed by atoms with van der Waals surface area (Å²) in [5, 5.41) is 0.657. The van der Waals surface area contributed by atoms with E-state index in [9.17, 15) is 4.79 Å². The van der Waals surface area contributed by atoms with Crippen LogP contribution in [0.15, 0.2) is 24.3 Å². The number of hydrogen-bond acceptors (Lipinski definition) is 2. The molecule has 1 nitrogen and oxygen atoms in total. The largest absolute Gasteiger partial charge is 0.288 e. The van der Waals surface area contributed by atoms with Crippen molar-refractivity contribution >= 4 is 28.7 Å². The molecule has 2 aromatic rings. The van der Waals surface area contributed by atoms with E-state index in [0.29, 0.717) is 10.6 Å². The Balaban J connectivity index is 1.95. The van der Waals surface area contributed by atoms with E-state index >= 15 is 0 Å². The molecule has 0 fully saturated rings. The average molecular weight is 277 g/mol. The number of thiophene rings is 1. The Hall–Kier alpha value is -1.12. The van der Waals surface area contributed by atoms with Gasteiger partial charge < -0.3 is 0 Å². The van der Waals surface area contributed by atoms with Gasteiger partial charge in [0.2, 0.25) is 5.78 Å². The van der Waals surface area contributed by atoms with Crippen molar-refractivity contribution in [3.05, 3.63) is 55.7 Å². The van der Waals surface area contributed by atoms with E-state index < -0.39 is 0 Å². The van der Waals surface area contributed by atoms with Crippen LogP contribution in [0.5, 0.6) is 0 Å². The number of rotatable bonds is 2. The third-order valence-electron chi connectivity index (χ3n) is 3.40. The Kier molecular flexibility index (Phi) is 3.00. The summed E-state index contributed by atoms with van der Waals surface area (Å²) in [4.78, 5) is 14.6. The highest BCUT2D eigenvalue weighted by Gasteiger charge is 2.19. The molecule has 1 aromatic carbocycles. The number of ketones is 1. The summed E-state index contributed by atoms with van der Waals surface area (Å²) in [7, 11) is 0. The van der Waals surface area contributed by atoms with Gasteiger partial charge in [0.15, 0.2) is 0 Å². The maximum absolute atomic E-state index is 12.4. The summed E-state index contributed by atoms with van der Waals surface area (Å²) >= 11 is 7.71. The Morgan fingerprint density at radius 1 is 1.28 bits per heavy atom. The molecule has 1 heterocycles. The number of fused-ring (bicyclic) bond motifs is 1. The van der Waals surface area contributed by atoms with Crippen molar-refractivity contribution < 1.29 is 4.79 Å². The lowest BCUT2D eigenvalue weighted by molar-refractivity contribution is 0.104. The molecule has 1 aliphatic carbocycles. The fourth-order valence-electron chi connectivity index (χ4n) is 2.32. The molecule has 0 radical (unpaired) electrons. The Labute approximate surface area is 115 Å². The van der Waals surface area contributed by atoms with Gasteiger partial charge in [0, 0.05) is 15.5 Å². The molecular weight excluding hydrogens is 264 g/mol. The van der Waals surface area contributed by atoms with Gasteiger partial charge in [-0.2, -0.15) is 0 Å². The number of carbonyl (C=O) groups excluding carboxylic acids is 1. The molecule has 3 heteroatoms. The number of benzene rings is 1. The summed E-state index contributed by atoms with van der Waals surface area (Å²) in [6.45, 7) is 1.94. The van der Waals surface area contributed by atoms with Crippen LogP contribution in [-0.2, 0) is 12.8 Å². The smallest absolute Gasteiger partial charge is 0.203 e. The highest BCUT2D eigenvalue weighted by atomic mass is 35.5. The zero-order valence-electron chi connectivity index (χ0n) is 10.1. The van der Waals surface area contributed by atoms with Crippen molar-refractivity contribution in [1.82, 2.24) is 0 Å². The Morgan fingerprint density at radius 3 is 2.83 bits per heavy atom. The van der Waals surface area contributed by atoms with E-state index in [-0.39, 0.29) is 5.78 Å². The topological polar surface area (TPSA) is 17.1 Å². The summed E-state index contributed by atoms with van der Waals surface area (Å²) in [5.74, 6) is 0.0938. The van der Waals surface area contributed by atoms with E-state index in [1.807, 2.05) is 19.1 Å². The maximum atomic E-state index is 12.4. The monoisotopic (exact) mass is 276 g/mol. The first-order chi connectivity index (χ1) is 8.65. The quantitative estimate of drug-likeness (QED) is 0.742. The predicted molar refractivity (Wildman–Crippen MR) is 76.0 cm³/mol. The molecule has 0 aliphatic heterocycles. The first-order valence-corrected chi connectivity index (χ1v) is 7.27. The standard InChI is InChI=1S/C15H13ClOS/c1-9-5-6-11(7-12(9)16)15(17)14-8-10-3-2-4-13(10)18-14/h5-8H,2-4H2,1H3. The van der Waals surface area contributed by atoms with Crippen LogP contribution in [0.4, 0.5) is 0 Å². The van der Waals surface area contributed by atoms with Gasteiger partial charge in [-0.15, -0.1) is 11.3 Å². The van der Waals surface area contributed by atoms with Crippen LogP contribution < -0.4 is 0 Å². The van der Waals surface area contributed by atoms with E-state index in [2.05, 4.69) is 6.07 Å². The van der Waals surface area contributed by atoms with Crippen molar-refractivity contribution in [2.75, 3.05) is 0 Å². The first kappa shape index (κ1) is 11.9. The lowest BCUT2D eigenvalue weighted by Gasteiger charge is -2.01. The molecule has 0 N–H and O–H groups in total. The molecule has 3 rings (SSSR count). The van der Waals surface area contributed by atoms with Crippen LogP contribution >= 0.6 is 22.9 Å². The molecule has 0 saturated carbocycles. The molecule has 0 unspecified atom stereocenters. The summed E-state index contributed by atoms with van der Waals surface area (Å²) < 4.78 is 0. The van der Waals surface area contributed by atoms with Gasteiger partial charge in [-0.3, -0.25) is 4.79 Å². The zero-order valence-corrected chi connectivity index (χ0v) is 11.7. The van der Waals surface area contributed by atoms with Gasteiger partial charge in [-0.25, -0.2) is 0 Å². The van der Waals surface area contributed by atoms with Gasteiger partial charge >= 0.3 is 0 Å². The molecule has 0 amide bonds. The maximum Gasteiger partial charge on any atom is 0.203 e. The van der Waals surface area contributed by atoms with Crippen LogP contribution in [0.1, 0.15) is 37.7 Å². The van der Waals surface area contributed by atoms with Crippen LogP contribution in [-0.4, -0.2) is 5.78 Å². The third-order valence-corrected chi connectivity index (χ3v) is 5.05. The first-order valence-electron chi connectivity index (χ1n) is 6.07. The molecule has 1 aromatic heterocycles. The zero-order chi connectivity index (χ0) is 12.7. The molecule has 0 atom stereocenters. The molecule has 0 saturated heterocycles. The molecule has 18 heavy (non-hydrogen) atoms. The van der Waals surface area contributed by atoms with Gasteiger partial charge in [0.25, 0.3) is 0 Å². The second-order valence-corrected chi connectivity index (χ2v) is 6.25. The highest BCUT2D eigenvalue weighted by Crippen LogP contribution is 2.32. The van der Waals surface area contributed by atoms with Gasteiger partial charge in [0.1, 0.15) is 0 Å². The van der Waals surface area contributed by atoms with Crippen LogP contribution in [0.25, 0.3) is 0 Å². The van der Waals surface area contributed by atoms with Crippen LogP contribution in [0, 0.1) is 6.92 Å². The highest BCUT2D eigenvalue weighted by molar-refractivity contribution is 7.14. The van der Waals surface area contributed by atoms with E-state index in [1.54, 1.807) is 17.4 Å². The molecule has 0 spiro atoms. The lowest BCUT2D eigenvalue weighted by atomic mass is 10.1. The van der Waals surface area contributed by atoms with Crippen LogP contribution in [0.2, 0.25) is 5.02 Å². The second kappa shape index (κ2) is 4.52. The van der Waals surface area contributed by atoms with E-state index in [0.717, 1.165) is 23.3 Å². The summed E-state index contributed by atoms with van der Waals surface area (Å²) in [6, 6.07) is 7.58. The third kappa shape index (κ3) is 2.00. The Bertz CT molecular complexity index is 606. The minimum absolute atomic E-state index is 0.0938. The van der Waals surface area contributed by atoms with Crippen molar-refractivity contribution in [1.29, 1.82) is 0 Å². The molecule has 1 aliphatic rings. The van der Waals surface area contributed by atoms with Crippen LogP contribution in [0.3, 0.4) is 0 Å². The minimum atomic E-state index is 0.0938. The molecule has 92 valence electrons. The minimum Gasteiger partial charge on any atom is -0.288 e. The predicted octanol–water partition coefficient (Wildman–Crippen LogP) is 4.43. The SMILES string of the molecule is Cc1ccc(C(=O)c2cc3c(s2)CCC3)cc1Cl.